The molecular weight excluding hydrogens is 224 g/mol. The van der Waals surface area contributed by atoms with Crippen molar-refractivity contribution in [2.45, 2.75) is 45.6 Å². The van der Waals surface area contributed by atoms with Crippen molar-refractivity contribution in [1.29, 1.82) is 0 Å². The van der Waals surface area contributed by atoms with E-state index in [4.69, 9.17) is 10.7 Å². The molecule has 0 amide bonds. The Labute approximate surface area is 110 Å². The molecular formula is C14H24N4. The molecule has 4 nitrogen and oxygen atoms in total. The van der Waals surface area contributed by atoms with E-state index in [9.17, 15) is 0 Å². The van der Waals surface area contributed by atoms with Crippen LogP contribution in [0.3, 0.4) is 0 Å². The molecule has 2 atom stereocenters. The Bertz CT molecular complexity index is 409. The van der Waals surface area contributed by atoms with Crippen molar-refractivity contribution >= 4 is 5.95 Å². The van der Waals surface area contributed by atoms with Crippen LogP contribution in [-0.4, -0.2) is 29.1 Å². The summed E-state index contributed by atoms with van der Waals surface area (Å²) in [6, 6.07) is 2.25. The molecule has 1 aromatic heterocycles. The van der Waals surface area contributed by atoms with Crippen LogP contribution in [0.2, 0.25) is 0 Å². The number of nitrogens with zero attached hydrogens (tertiary/aromatic N) is 3. The molecule has 1 aromatic rings. The van der Waals surface area contributed by atoms with Crippen LogP contribution in [0, 0.1) is 5.92 Å². The largest absolute Gasteiger partial charge is 0.340 e. The van der Waals surface area contributed by atoms with Gasteiger partial charge in [-0.05, 0) is 25.3 Å². The van der Waals surface area contributed by atoms with Crippen LogP contribution in [0.5, 0.6) is 0 Å². The second-order valence-corrected chi connectivity index (χ2v) is 6.35. The van der Waals surface area contributed by atoms with Crippen molar-refractivity contribution in [3.8, 4) is 0 Å². The van der Waals surface area contributed by atoms with Gasteiger partial charge in [0.05, 0.1) is 5.69 Å². The number of hydrogen-bond donors (Lipinski definition) is 1. The number of nitrogens with two attached hydrogens (primary N) is 1. The third-order valence-electron chi connectivity index (χ3n) is 3.66. The Hall–Kier alpha value is -1.16. The van der Waals surface area contributed by atoms with E-state index in [1.807, 2.05) is 12.3 Å². The molecule has 2 rings (SSSR count). The zero-order chi connectivity index (χ0) is 13.3. The molecule has 1 aliphatic heterocycles. The van der Waals surface area contributed by atoms with Gasteiger partial charge in [0.25, 0.3) is 0 Å². The maximum atomic E-state index is 5.97. The standard InChI is InChI=1S/C14H24N4/c1-10(15)11-6-8-18(9-11)13-16-7-5-12(17-13)14(2,3)4/h5,7,10-11H,6,8-9,15H2,1-4H3. The molecule has 0 bridgehead atoms. The Balaban J connectivity index is 2.15. The molecule has 2 unspecified atom stereocenters. The minimum Gasteiger partial charge on any atom is -0.340 e. The first-order valence-corrected chi connectivity index (χ1v) is 6.72. The van der Waals surface area contributed by atoms with Gasteiger partial charge in [-0.15, -0.1) is 0 Å². The predicted octanol–water partition coefficient (Wildman–Crippen LogP) is 1.95. The summed E-state index contributed by atoms with van der Waals surface area (Å²) in [4.78, 5) is 11.3. The van der Waals surface area contributed by atoms with Crippen molar-refractivity contribution < 1.29 is 0 Å². The van der Waals surface area contributed by atoms with E-state index < -0.39 is 0 Å². The molecule has 1 aliphatic rings. The lowest BCUT2D eigenvalue weighted by Crippen LogP contribution is -2.30. The van der Waals surface area contributed by atoms with Crippen molar-refractivity contribution in [2.24, 2.45) is 11.7 Å². The summed E-state index contributed by atoms with van der Waals surface area (Å²) in [6.45, 7) is 10.6. The lowest BCUT2D eigenvalue weighted by atomic mass is 9.92. The summed E-state index contributed by atoms with van der Waals surface area (Å²) >= 11 is 0. The van der Waals surface area contributed by atoms with E-state index in [2.05, 4.69) is 37.6 Å². The van der Waals surface area contributed by atoms with Crippen molar-refractivity contribution in [2.75, 3.05) is 18.0 Å². The van der Waals surface area contributed by atoms with Gasteiger partial charge in [-0.1, -0.05) is 20.8 Å². The second-order valence-electron chi connectivity index (χ2n) is 6.35. The van der Waals surface area contributed by atoms with Gasteiger partial charge in [0.15, 0.2) is 0 Å². The van der Waals surface area contributed by atoms with E-state index in [1.54, 1.807) is 0 Å². The van der Waals surface area contributed by atoms with Gasteiger partial charge in [0, 0.05) is 30.7 Å². The van der Waals surface area contributed by atoms with E-state index in [1.165, 1.54) is 0 Å². The maximum Gasteiger partial charge on any atom is 0.225 e. The topological polar surface area (TPSA) is 55.0 Å². The number of aromatic nitrogens is 2. The minimum absolute atomic E-state index is 0.0674. The van der Waals surface area contributed by atoms with Crippen molar-refractivity contribution in [3.63, 3.8) is 0 Å². The van der Waals surface area contributed by atoms with Gasteiger partial charge in [-0.3, -0.25) is 0 Å². The molecule has 0 aliphatic carbocycles. The van der Waals surface area contributed by atoms with E-state index in [-0.39, 0.29) is 11.5 Å². The van der Waals surface area contributed by atoms with Gasteiger partial charge >= 0.3 is 0 Å². The summed E-state index contributed by atoms with van der Waals surface area (Å²) in [5.41, 5.74) is 7.13. The Morgan fingerprint density at radius 2 is 2.17 bits per heavy atom. The second kappa shape index (κ2) is 4.84. The molecule has 1 saturated heterocycles. The fraction of sp³-hybridized carbons (Fsp3) is 0.714. The number of hydrogen-bond acceptors (Lipinski definition) is 4. The summed E-state index contributed by atoms with van der Waals surface area (Å²) in [6.07, 6.45) is 3.00. The third kappa shape index (κ3) is 2.80. The van der Waals surface area contributed by atoms with Crippen LogP contribution >= 0.6 is 0 Å². The zero-order valence-electron chi connectivity index (χ0n) is 11.8. The Morgan fingerprint density at radius 3 is 2.72 bits per heavy atom. The first kappa shape index (κ1) is 13.3. The van der Waals surface area contributed by atoms with E-state index in [0.29, 0.717) is 5.92 Å². The Morgan fingerprint density at radius 1 is 1.44 bits per heavy atom. The zero-order valence-corrected chi connectivity index (χ0v) is 11.8. The summed E-state index contributed by atoms with van der Waals surface area (Å²) in [5.74, 6) is 1.41. The summed E-state index contributed by atoms with van der Waals surface area (Å²) in [7, 11) is 0. The van der Waals surface area contributed by atoms with Crippen molar-refractivity contribution in [3.05, 3.63) is 18.0 Å². The maximum absolute atomic E-state index is 5.97. The molecule has 0 spiro atoms. The van der Waals surface area contributed by atoms with Crippen LogP contribution in [0.25, 0.3) is 0 Å². The third-order valence-corrected chi connectivity index (χ3v) is 3.66. The fourth-order valence-electron chi connectivity index (χ4n) is 2.32. The molecule has 2 N–H and O–H groups in total. The quantitative estimate of drug-likeness (QED) is 0.869. The Kier molecular flexibility index (Phi) is 3.57. The SMILES string of the molecule is CC(N)C1CCN(c2nccc(C(C)(C)C)n2)C1. The molecule has 1 fully saturated rings. The number of rotatable bonds is 2. The normalized spacial score (nSPS) is 22.3. The molecule has 2 heterocycles. The molecule has 0 radical (unpaired) electrons. The van der Waals surface area contributed by atoms with Crippen molar-refractivity contribution in [1.82, 2.24) is 9.97 Å². The highest BCUT2D eigenvalue weighted by Gasteiger charge is 2.27. The molecule has 0 saturated carbocycles. The first-order valence-electron chi connectivity index (χ1n) is 6.72. The predicted molar refractivity (Wildman–Crippen MR) is 74.7 cm³/mol. The molecule has 18 heavy (non-hydrogen) atoms. The smallest absolute Gasteiger partial charge is 0.225 e. The van der Waals surface area contributed by atoms with Crippen LogP contribution in [-0.2, 0) is 5.41 Å². The van der Waals surface area contributed by atoms with E-state index >= 15 is 0 Å². The average molecular weight is 248 g/mol. The summed E-state index contributed by atoms with van der Waals surface area (Å²) < 4.78 is 0. The molecule has 0 aromatic carbocycles. The van der Waals surface area contributed by atoms with Crippen LogP contribution < -0.4 is 10.6 Å². The van der Waals surface area contributed by atoms with Gasteiger partial charge in [-0.25, -0.2) is 9.97 Å². The molecule has 4 heteroatoms. The average Bonchev–Trinajstić information content (AvgIpc) is 2.77. The monoisotopic (exact) mass is 248 g/mol. The van der Waals surface area contributed by atoms with Crippen LogP contribution in [0.15, 0.2) is 12.3 Å². The van der Waals surface area contributed by atoms with Crippen LogP contribution in [0.4, 0.5) is 5.95 Å². The summed E-state index contributed by atoms with van der Waals surface area (Å²) in [5, 5.41) is 0. The highest BCUT2D eigenvalue weighted by Crippen LogP contribution is 2.25. The lowest BCUT2D eigenvalue weighted by molar-refractivity contribution is 0.487. The number of anilines is 1. The lowest BCUT2D eigenvalue weighted by Gasteiger charge is -2.22. The minimum atomic E-state index is 0.0674. The van der Waals surface area contributed by atoms with Gasteiger partial charge in [-0.2, -0.15) is 0 Å². The molecule has 100 valence electrons. The van der Waals surface area contributed by atoms with Crippen LogP contribution in [0.1, 0.15) is 39.8 Å². The van der Waals surface area contributed by atoms with Gasteiger partial charge < -0.3 is 10.6 Å². The highest BCUT2D eigenvalue weighted by atomic mass is 15.3. The first-order chi connectivity index (χ1) is 8.38. The van der Waals surface area contributed by atoms with Gasteiger partial charge in [0.2, 0.25) is 5.95 Å². The fourth-order valence-corrected chi connectivity index (χ4v) is 2.32. The van der Waals surface area contributed by atoms with E-state index in [0.717, 1.165) is 31.2 Å². The highest BCUT2D eigenvalue weighted by molar-refractivity contribution is 5.33. The van der Waals surface area contributed by atoms with Gasteiger partial charge in [0.1, 0.15) is 0 Å².